The Labute approximate surface area is 68.5 Å². The first-order chi connectivity index (χ1) is 5.20. The summed E-state index contributed by atoms with van der Waals surface area (Å²) in [6, 6.07) is 0. The predicted octanol–water partition coefficient (Wildman–Crippen LogP) is 1.12. The molecule has 0 aromatic rings. The van der Waals surface area contributed by atoms with E-state index in [0.29, 0.717) is 0 Å². The van der Waals surface area contributed by atoms with Crippen molar-refractivity contribution in [1.82, 2.24) is 4.90 Å². The van der Waals surface area contributed by atoms with E-state index >= 15 is 0 Å². The molecule has 0 bridgehead atoms. The van der Waals surface area contributed by atoms with Gasteiger partial charge in [-0.1, -0.05) is 6.92 Å². The van der Waals surface area contributed by atoms with Gasteiger partial charge in [-0.2, -0.15) is 0 Å². The van der Waals surface area contributed by atoms with E-state index < -0.39 is 0 Å². The smallest absolute Gasteiger partial charge is 0.0833 e. The summed E-state index contributed by atoms with van der Waals surface area (Å²) in [7, 11) is 2.19. The Hall–Kier alpha value is -0.0800. The zero-order valence-corrected chi connectivity index (χ0v) is 7.47. The Morgan fingerprint density at radius 1 is 1.55 bits per heavy atom. The maximum atomic E-state index is 5.66. The minimum absolute atomic E-state index is 0.270. The van der Waals surface area contributed by atoms with Crippen molar-refractivity contribution in [3.63, 3.8) is 0 Å². The van der Waals surface area contributed by atoms with Gasteiger partial charge < -0.3 is 9.64 Å². The van der Waals surface area contributed by atoms with Gasteiger partial charge in [-0.3, -0.25) is 0 Å². The highest BCUT2D eigenvalue weighted by Crippen LogP contribution is 2.36. The number of ether oxygens (including phenoxy) is 1. The van der Waals surface area contributed by atoms with Gasteiger partial charge in [0.2, 0.25) is 0 Å². The largest absolute Gasteiger partial charge is 0.373 e. The fraction of sp³-hybridized carbons (Fsp3) is 1.00. The van der Waals surface area contributed by atoms with E-state index in [1.807, 2.05) is 0 Å². The SMILES string of the molecule is CC1CN(C)CC2(CCO2)C1. The first kappa shape index (κ1) is 7.56. The molecule has 1 spiro atoms. The second-order valence-corrected chi connectivity index (χ2v) is 4.29. The van der Waals surface area contributed by atoms with Crippen LogP contribution in [0, 0.1) is 5.92 Å². The van der Waals surface area contributed by atoms with Gasteiger partial charge in [0.15, 0.2) is 0 Å². The molecule has 64 valence electrons. The average molecular weight is 155 g/mol. The van der Waals surface area contributed by atoms with Gasteiger partial charge in [-0.15, -0.1) is 0 Å². The lowest BCUT2D eigenvalue weighted by Gasteiger charge is -2.49. The third-order valence-electron chi connectivity index (χ3n) is 2.87. The summed E-state index contributed by atoms with van der Waals surface area (Å²) in [6.45, 7) is 5.70. The summed E-state index contributed by atoms with van der Waals surface area (Å²) in [5.74, 6) is 0.814. The zero-order valence-electron chi connectivity index (χ0n) is 7.47. The Morgan fingerprint density at radius 2 is 2.27 bits per heavy atom. The molecule has 2 nitrogen and oxygen atoms in total. The quantitative estimate of drug-likeness (QED) is 0.519. The van der Waals surface area contributed by atoms with Crippen LogP contribution in [0.4, 0.5) is 0 Å². The molecule has 2 heteroatoms. The first-order valence-electron chi connectivity index (χ1n) is 4.53. The molecule has 0 amide bonds. The van der Waals surface area contributed by atoms with Crippen LogP contribution in [0.3, 0.4) is 0 Å². The molecule has 2 saturated heterocycles. The molecule has 2 atom stereocenters. The number of rotatable bonds is 0. The highest BCUT2D eigenvalue weighted by atomic mass is 16.5. The summed E-state index contributed by atoms with van der Waals surface area (Å²) >= 11 is 0. The summed E-state index contributed by atoms with van der Waals surface area (Å²) in [6.07, 6.45) is 2.55. The van der Waals surface area contributed by atoms with Gasteiger partial charge >= 0.3 is 0 Å². The molecule has 2 unspecified atom stereocenters. The predicted molar refractivity (Wildman–Crippen MR) is 44.6 cm³/mol. The highest BCUT2D eigenvalue weighted by molar-refractivity contribution is 4.95. The Balaban J connectivity index is 2.00. The number of likely N-dealkylation sites (N-methyl/N-ethyl adjacent to an activating group) is 1. The average Bonchev–Trinajstić information content (AvgIpc) is 1.82. The first-order valence-corrected chi connectivity index (χ1v) is 4.53. The number of hydrogen-bond donors (Lipinski definition) is 0. The number of likely N-dealkylation sites (tertiary alicyclic amines) is 1. The van der Waals surface area contributed by atoms with Gasteiger partial charge in [0.1, 0.15) is 0 Å². The van der Waals surface area contributed by atoms with Crippen molar-refractivity contribution in [1.29, 1.82) is 0 Å². The van der Waals surface area contributed by atoms with E-state index in [0.717, 1.165) is 19.1 Å². The van der Waals surface area contributed by atoms with Crippen LogP contribution in [0.5, 0.6) is 0 Å². The van der Waals surface area contributed by atoms with E-state index in [2.05, 4.69) is 18.9 Å². The molecule has 0 aromatic heterocycles. The van der Waals surface area contributed by atoms with Gasteiger partial charge in [0.05, 0.1) is 12.2 Å². The van der Waals surface area contributed by atoms with E-state index in [1.54, 1.807) is 0 Å². The van der Waals surface area contributed by atoms with Crippen LogP contribution in [-0.4, -0.2) is 37.2 Å². The second-order valence-electron chi connectivity index (χ2n) is 4.29. The molecule has 0 N–H and O–H groups in total. The van der Waals surface area contributed by atoms with Crippen molar-refractivity contribution in [3.8, 4) is 0 Å². The number of piperidine rings is 1. The van der Waals surface area contributed by atoms with Crippen molar-refractivity contribution < 1.29 is 4.74 Å². The summed E-state index contributed by atoms with van der Waals surface area (Å²) < 4.78 is 5.66. The van der Waals surface area contributed by atoms with Crippen LogP contribution in [-0.2, 0) is 4.74 Å². The summed E-state index contributed by atoms with van der Waals surface area (Å²) in [5.41, 5.74) is 0.270. The minimum atomic E-state index is 0.270. The maximum Gasteiger partial charge on any atom is 0.0833 e. The van der Waals surface area contributed by atoms with Crippen LogP contribution in [0.15, 0.2) is 0 Å². The fourth-order valence-corrected chi connectivity index (χ4v) is 2.53. The van der Waals surface area contributed by atoms with E-state index in [1.165, 1.54) is 19.4 Å². The third kappa shape index (κ3) is 1.30. The van der Waals surface area contributed by atoms with E-state index in [-0.39, 0.29) is 5.60 Å². The lowest BCUT2D eigenvalue weighted by molar-refractivity contribution is -0.182. The standard InChI is InChI=1S/C9H17NO/c1-8-5-9(3-4-11-9)7-10(2)6-8/h8H,3-7H2,1-2H3. The van der Waals surface area contributed by atoms with Crippen LogP contribution in [0.1, 0.15) is 19.8 Å². The van der Waals surface area contributed by atoms with Crippen LogP contribution in [0.2, 0.25) is 0 Å². The molecule has 2 aliphatic heterocycles. The molecule has 0 saturated carbocycles. The van der Waals surface area contributed by atoms with Crippen molar-refractivity contribution in [2.75, 3.05) is 26.7 Å². The lowest BCUT2D eigenvalue weighted by atomic mass is 9.81. The third-order valence-corrected chi connectivity index (χ3v) is 2.87. The Kier molecular flexibility index (Phi) is 1.69. The van der Waals surface area contributed by atoms with Crippen molar-refractivity contribution in [3.05, 3.63) is 0 Å². The molecule has 11 heavy (non-hydrogen) atoms. The highest BCUT2D eigenvalue weighted by Gasteiger charge is 2.43. The van der Waals surface area contributed by atoms with Crippen molar-refractivity contribution in [2.24, 2.45) is 5.92 Å². The Morgan fingerprint density at radius 3 is 2.73 bits per heavy atom. The normalized spacial score (nSPS) is 45.8. The van der Waals surface area contributed by atoms with Crippen LogP contribution in [0.25, 0.3) is 0 Å². The molecule has 2 fully saturated rings. The van der Waals surface area contributed by atoms with Gasteiger partial charge in [-0.25, -0.2) is 0 Å². The molecule has 2 rings (SSSR count). The topological polar surface area (TPSA) is 12.5 Å². The van der Waals surface area contributed by atoms with E-state index in [9.17, 15) is 0 Å². The molecule has 2 heterocycles. The van der Waals surface area contributed by atoms with Crippen LogP contribution < -0.4 is 0 Å². The van der Waals surface area contributed by atoms with Crippen LogP contribution >= 0.6 is 0 Å². The minimum Gasteiger partial charge on any atom is -0.373 e. The molecule has 0 aromatic carbocycles. The zero-order chi connectivity index (χ0) is 7.90. The molecular weight excluding hydrogens is 138 g/mol. The molecule has 2 aliphatic rings. The maximum absolute atomic E-state index is 5.66. The number of hydrogen-bond acceptors (Lipinski definition) is 2. The lowest BCUT2D eigenvalue weighted by Crippen LogP contribution is -2.57. The Bertz CT molecular complexity index is 142. The monoisotopic (exact) mass is 155 g/mol. The molecule has 0 radical (unpaired) electrons. The summed E-state index contributed by atoms with van der Waals surface area (Å²) in [5, 5.41) is 0. The van der Waals surface area contributed by atoms with Gasteiger partial charge in [-0.05, 0) is 19.4 Å². The van der Waals surface area contributed by atoms with Gasteiger partial charge in [0.25, 0.3) is 0 Å². The second kappa shape index (κ2) is 2.46. The van der Waals surface area contributed by atoms with Crippen molar-refractivity contribution >= 4 is 0 Å². The van der Waals surface area contributed by atoms with Crippen molar-refractivity contribution in [2.45, 2.75) is 25.4 Å². The molecule has 0 aliphatic carbocycles. The summed E-state index contributed by atoms with van der Waals surface area (Å²) in [4.78, 5) is 2.40. The van der Waals surface area contributed by atoms with E-state index in [4.69, 9.17) is 4.74 Å². The number of nitrogens with zero attached hydrogens (tertiary/aromatic N) is 1. The van der Waals surface area contributed by atoms with Gasteiger partial charge in [0, 0.05) is 19.5 Å². The fourth-order valence-electron chi connectivity index (χ4n) is 2.53. The molecular formula is C9H17NO.